The summed E-state index contributed by atoms with van der Waals surface area (Å²) < 4.78 is 0. The third-order valence-electron chi connectivity index (χ3n) is 4.22. The maximum Gasteiger partial charge on any atom is 0.260 e. The number of pyridine rings is 1. The molecule has 1 aromatic carbocycles. The first-order chi connectivity index (χ1) is 11.1. The van der Waals surface area contributed by atoms with Crippen LogP contribution in [-0.4, -0.2) is 35.4 Å². The first kappa shape index (κ1) is 15.5. The van der Waals surface area contributed by atoms with Crippen LogP contribution in [0.15, 0.2) is 41.2 Å². The van der Waals surface area contributed by atoms with Gasteiger partial charge in [-0.25, -0.2) is 0 Å². The van der Waals surface area contributed by atoms with E-state index in [4.69, 9.17) is 0 Å². The predicted octanol–water partition coefficient (Wildman–Crippen LogP) is 1.47. The average Bonchev–Trinajstić information content (AvgIpc) is 2.54. The lowest BCUT2D eigenvalue weighted by Crippen LogP contribution is -2.39. The smallest absolute Gasteiger partial charge is 0.260 e. The molecular formula is C18H21N3O2. The standard InChI is InChI=1S/C18H21N3O2/c1-13-6-7-16(18(23)20-13)17(22)19-9-11-21-10-8-14-4-2-3-5-15(14)12-21/h2-7H,8-12H2,1H3,(H,19,22)(H,20,23). The van der Waals surface area contributed by atoms with Crippen molar-refractivity contribution in [2.75, 3.05) is 19.6 Å². The summed E-state index contributed by atoms with van der Waals surface area (Å²) in [6.45, 7) is 5.02. The number of nitrogens with zero attached hydrogens (tertiary/aromatic N) is 1. The molecule has 2 aromatic rings. The van der Waals surface area contributed by atoms with Gasteiger partial charge in [0, 0.05) is 31.9 Å². The summed E-state index contributed by atoms with van der Waals surface area (Å²) in [5.74, 6) is -0.316. The summed E-state index contributed by atoms with van der Waals surface area (Å²) in [4.78, 5) is 28.8. The average molecular weight is 311 g/mol. The molecule has 0 saturated carbocycles. The molecule has 2 heterocycles. The fourth-order valence-electron chi connectivity index (χ4n) is 2.92. The Morgan fingerprint density at radius 2 is 2.00 bits per heavy atom. The monoisotopic (exact) mass is 311 g/mol. The molecule has 120 valence electrons. The van der Waals surface area contributed by atoms with E-state index in [9.17, 15) is 9.59 Å². The van der Waals surface area contributed by atoms with Gasteiger partial charge in [0.2, 0.25) is 0 Å². The minimum atomic E-state index is -0.339. The highest BCUT2D eigenvalue weighted by Gasteiger charge is 2.16. The number of nitrogens with one attached hydrogen (secondary N) is 2. The zero-order valence-electron chi connectivity index (χ0n) is 13.3. The Hall–Kier alpha value is -2.40. The molecule has 2 N–H and O–H groups in total. The Labute approximate surface area is 135 Å². The summed E-state index contributed by atoms with van der Waals surface area (Å²) in [5.41, 5.74) is 3.35. The highest BCUT2D eigenvalue weighted by atomic mass is 16.2. The second-order valence-electron chi connectivity index (χ2n) is 5.93. The van der Waals surface area contributed by atoms with Crippen molar-refractivity contribution in [1.29, 1.82) is 0 Å². The van der Waals surface area contributed by atoms with E-state index in [1.54, 1.807) is 19.1 Å². The Morgan fingerprint density at radius 3 is 2.78 bits per heavy atom. The largest absolute Gasteiger partial charge is 0.351 e. The molecule has 0 saturated heterocycles. The van der Waals surface area contributed by atoms with Crippen molar-refractivity contribution in [2.45, 2.75) is 19.9 Å². The van der Waals surface area contributed by atoms with E-state index in [1.165, 1.54) is 11.1 Å². The lowest BCUT2D eigenvalue weighted by Gasteiger charge is -2.28. The molecule has 1 aliphatic heterocycles. The number of rotatable bonds is 4. The maximum absolute atomic E-state index is 12.1. The van der Waals surface area contributed by atoms with E-state index in [2.05, 4.69) is 39.5 Å². The lowest BCUT2D eigenvalue weighted by atomic mass is 10.00. The zero-order valence-corrected chi connectivity index (χ0v) is 13.3. The van der Waals surface area contributed by atoms with Crippen molar-refractivity contribution < 1.29 is 4.79 Å². The van der Waals surface area contributed by atoms with Gasteiger partial charge in [0.05, 0.1) is 0 Å². The van der Waals surface area contributed by atoms with E-state index in [0.717, 1.165) is 31.7 Å². The van der Waals surface area contributed by atoms with E-state index >= 15 is 0 Å². The first-order valence-electron chi connectivity index (χ1n) is 7.91. The third kappa shape index (κ3) is 3.68. The number of H-pyrrole nitrogens is 1. The molecule has 0 bridgehead atoms. The second-order valence-corrected chi connectivity index (χ2v) is 5.93. The molecule has 5 heteroatoms. The van der Waals surface area contributed by atoms with Crippen molar-refractivity contribution in [3.05, 3.63) is 69.1 Å². The van der Waals surface area contributed by atoms with Gasteiger partial charge in [0.1, 0.15) is 5.56 Å². The highest BCUT2D eigenvalue weighted by Crippen LogP contribution is 2.17. The number of aromatic nitrogens is 1. The Morgan fingerprint density at radius 1 is 1.22 bits per heavy atom. The normalized spacial score (nSPS) is 14.3. The van der Waals surface area contributed by atoms with Gasteiger partial charge in [-0.1, -0.05) is 24.3 Å². The summed E-state index contributed by atoms with van der Waals surface area (Å²) in [7, 11) is 0. The van der Waals surface area contributed by atoms with Crippen LogP contribution >= 0.6 is 0 Å². The van der Waals surface area contributed by atoms with Crippen LogP contribution in [0.1, 0.15) is 27.2 Å². The number of benzene rings is 1. The van der Waals surface area contributed by atoms with Crippen LogP contribution in [0.3, 0.4) is 0 Å². The van der Waals surface area contributed by atoms with Gasteiger partial charge in [-0.15, -0.1) is 0 Å². The molecule has 1 aromatic heterocycles. The van der Waals surface area contributed by atoms with E-state index in [1.807, 2.05) is 0 Å². The molecule has 23 heavy (non-hydrogen) atoms. The number of aromatic amines is 1. The number of aryl methyl sites for hydroxylation is 1. The van der Waals surface area contributed by atoms with Crippen molar-refractivity contribution in [3.63, 3.8) is 0 Å². The predicted molar refractivity (Wildman–Crippen MR) is 89.6 cm³/mol. The van der Waals surface area contributed by atoms with Crippen LogP contribution in [0.2, 0.25) is 0 Å². The van der Waals surface area contributed by atoms with E-state index < -0.39 is 0 Å². The molecular weight excluding hydrogens is 290 g/mol. The van der Waals surface area contributed by atoms with Gasteiger partial charge < -0.3 is 10.3 Å². The summed E-state index contributed by atoms with van der Waals surface area (Å²) in [6.07, 6.45) is 1.04. The van der Waals surface area contributed by atoms with Crippen molar-refractivity contribution in [2.24, 2.45) is 0 Å². The van der Waals surface area contributed by atoms with Crippen LogP contribution in [-0.2, 0) is 13.0 Å². The third-order valence-corrected chi connectivity index (χ3v) is 4.22. The summed E-state index contributed by atoms with van der Waals surface area (Å²) in [6, 6.07) is 11.8. The number of hydrogen-bond acceptors (Lipinski definition) is 3. The number of amides is 1. The van der Waals surface area contributed by atoms with E-state index in [-0.39, 0.29) is 17.0 Å². The number of fused-ring (bicyclic) bond motifs is 1. The zero-order chi connectivity index (χ0) is 16.2. The highest BCUT2D eigenvalue weighted by molar-refractivity contribution is 5.93. The SMILES string of the molecule is Cc1ccc(C(=O)NCCN2CCc3ccccc3C2)c(=O)[nH]1. The van der Waals surface area contributed by atoms with Crippen LogP contribution in [0, 0.1) is 6.92 Å². The van der Waals surface area contributed by atoms with Gasteiger partial charge in [-0.2, -0.15) is 0 Å². The van der Waals surface area contributed by atoms with Gasteiger partial charge in [0.25, 0.3) is 11.5 Å². The van der Waals surface area contributed by atoms with Crippen LogP contribution in [0.25, 0.3) is 0 Å². The minimum Gasteiger partial charge on any atom is -0.351 e. The molecule has 0 aliphatic carbocycles. The first-order valence-corrected chi connectivity index (χ1v) is 7.91. The number of carbonyl (C=O) groups excluding carboxylic acids is 1. The maximum atomic E-state index is 12.1. The van der Waals surface area contributed by atoms with Crippen molar-refractivity contribution >= 4 is 5.91 Å². The van der Waals surface area contributed by atoms with Crippen molar-refractivity contribution in [3.8, 4) is 0 Å². The van der Waals surface area contributed by atoms with Crippen LogP contribution < -0.4 is 10.9 Å². The molecule has 5 nitrogen and oxygen atoms in total. The fourth-order valence-corrected chi connectivity index (χ4v) is 2.92. The molecule has 1 aliphatic rings. The lowest BCUT2D eigenvalue weighted by molar-refractivity contribution is 0.0945. The molecule has 1 amide bonds. The molecule has 0 radical (unpaired) electrons. The van der Waals surface area contributed by atoms with Gasteiger partial charge >= 0.3 is 0 Å². The van der Waals surface area contributed by atoms with Gasteiger partial charge in [-0.3, -0.25) is 14.5 Å². The molecule has 0 unspecified atom stereocenters. The minimum absolute atomic E-state index is 0.166. The van der Waals surface area contributed by atoms with Gasteiger partial charge in [-0.05, 0) is 36.6 Å². The quantitative estimate of drug-likeness (QED) is 0.899. The molecule has 0 fully saturated rings. The second kappa shape index (κ2) is 6.79. The molecule has 3 rings (SSSR count). The fraction of sp³-hybridized carbons (Fsp3) is 0.333. The topological polar surface area (TPSA) is 65.2 Å². The number of hydrogen-bond donors (Lipinski definition) is 2. The van der Waals surface area contributed by atoms with Crippen molar-refractivity contribution in [1.82, 2.24) is 15.2 Å². The Kier molecular flexibility index (Phi) is 4.57. The van der Waals surface area contributed by atoms with Crippen LogP contribution in [0.5, 0.6) is 0 Å². The molecule has 0 atom stereocenters. The van der Waals surface area contributed by atoms with Crippen LogP contribution in [0.4, 0.5) is 0 Å². The Bertz CT molecular complexity index is 767. The Balaban J connectivity index is 1.52. The summed E-state index contributed by atoms with van der Waals surface area (Å²) in [5, 5.41) is 2.83. The van der Waals surface area contributed by atoms with E-state index in [0.29, 0.717) is 6.54 Å². The number of carbonyl (C=O) groups is 1. The van der Waals surface area contributed by atoms with Gasteiger partial charge in [0.15, 0.2) is 0 Å². The molecule has 0 spiro atoms. The summed E-state index contributed by atoms with van der Waals surface area (Å²) >= 11 is 0.